The lowest BCUT2D eigenvalue weighted by atomic mass is 9.93. The Morgan fingerprint density at radius 2 is 1.69 bits per heavy atom. The van der Waals surface area contributed by atoms with Gasteiger partial charge in [-0.3, -0.25) is 4.79 Å². The summed E-state index contributed by atoms with van der Waals surface area (Å²) in [6.45, 7) is 6.07. The van der Waals surface area contributed by atoms with Gasteiger partial charge in [0.05, 0.1) is 16.0 Å². The fraction of sp³-hybridized carbons (Fsp3) is 0.480. The maximum atomic E-state index is 13.9. The first kappa shape index (κ1) is 25.3. The highest BCUT2D eigenvalue weighted by molar-refractivity contribution is 7.92. The molecule has 1 aliphatic carbocycles. The summed E-state index contributed by atoms with van der Waals surface area (Å²) in [6.07, 6.45) is -2.73. The van der Waals surface area contributed by atoms with Crippen molar-refractivity contribution in [2.24, 2.45) is 5.41 Å². The van der Waals surface area contributed by atoms with Crippen LogP contribution in [-0.4, -0.2) is 33.8 Å². The third kappa shape index (κ3) is 4.48. The van der Waals surface area contributed by atoms with Gasteiger partial charge in [-0.05, 0) is 75.6 Å². The first-order valence-electron chi connectivity index (χ1n) is 11.5. The number of halogens is 3. The molecule has 1 fully saturated rings. The van der Waals surface area contributed by atoms with Gasteiger partial charge in [-0.1, -0.05) is 18.9 Å². The van der Waals surface area contributed by atoms with Gasteiger partial charge in [0.15, 0.2) is 9.84 Å². The van der Waals surface area contributed by atoms with Gasteiger partial charge >= 0.3 is 6.36 Å². The maximum Gasteiger partial charge on any atom is 0.573 e. The average Bonchev–Trinajstić information content (AvgIpc) is 3.27. The number of ether oxygens (including phenoxy) is 2. The molecular formula is C25H28F3NO5S. The third-order valence-electron chi connectivity index (χ3n) is 6.80. The Kier molecular flexibility index (Phi) is 6.32. The molecule has 0 saturated heterocycles. The second-order valence-electron chi connectivity index (χ2n) is 9.63. The van der Waals surface area contributed by atoms with Crippen LogP contribution in [0.1, 0.15) is 52.0 Å². The van der Waals surface area contributed by atoms with Crippen molar-refractivity contribution in [1.82, 2.24) is 0 Å². The van der Waals surface area contributed by atoms with E-state index in [1.165, 1.54) is 0 Å². The van der Waals surface area contributed by atoms with Gasteiger partial charge in [-0.25, -0.2) is 8.42 Å². The molecule has 4 rings (SSSR count). The highest BCUT2D eigenvalue weighted by atomic mass is 32.2. The highest BCUT2D eigenvalue weighted by Crippen LogP contribution is 2.50. The van der Waals surface area contributed by atoms with E-state index in [-0.39, 0.29) is 17.4 Å². The predicted molar refractivity (Wildman–Crippen MR) is 124 cm³/mol. The lowest BCUT2D eigenvalue weighted by molar-refractivity contribution is -0.274. The molecule has 0 N–H and O–H groups in total. The van der Waals surface area contributed by atoms with Crippen molar-refractivity contribution in [2.45, 2.75) is 62.5 Å². The minimum atomic E-state index is -4.86. The van der Waals surface area contributed by atoms with Gasteiger partial charge in [-0.2, -0.15) is 0 Å². The van der Waals surface area contributed by atoms with E-state index in [4.69, 9.17) is 4.74 Å². The van der Waals surface area contributed by atoms with E-state index in [1.807, 2.05) is 6.92 Å². The molecule has 0 aromatic heterocycles. The summed E-state index contributed by atoms with van der Waals surface area (Å²) < 4.78 is 74.0. The number of rotatable bonds is 5. The Bertz CT molecular complexity index is 1220. The molecule has 0 spiro atoms. The Morgan fingerprint density at radius 3 is 2.26 bits per heavy atom. The molecule has 1 heterocycles. The number of anilines is 1. The Labute approximate surface area is 202 Å². The van der Waals surface area contributed by atoms with E-state index in [2.05, 4.69) is 4.74 Å². The van der Waals surface area contributed by atoms with Crippen LogP contribution in [0.3, 0.4) is 0 Å². The highest BCUT2D eigenvalue weighted by Gasteiger charge is 2.49. The molecule has 1 saturated carbocycles. The monoisotopic (exact) mass is 511 g/mol. The van der Waals surface area contributed by atoms with Gasteiger partial charge in [0, 0.05) is 6.54 Å². The van der Waals surface area contributed by atoms with E-state index in [9.17, 15) is 26.4 Å². The number of hydrogen-bond acceptors (Lipinski definition) is 5. The van der Waals surface area contributed by atoms with Crippen LogP contribution in [0.25, 0.3) is 0 Å². The molecule has 1 aliphatic heterocycles. The third-order valence-corrected chi connectivity index (χ3v) is 9.36. The average molecular weight is 512 g/mol. The lowest BCUT2D eigenvalue weighted by Crippen LogP contribution is -2.42. The summed E-state index contributed by atoms with van der Waals surface area (Å²) in [4.78, 5) is 14.6. The van der Waals surface area contributed by atoms with Crippen LogP contribution in [0.15, 0.2) is 47.4 Å². The smallest absolute Gasteiger partial charge is 0.490 e. The van der Waals surface area contributed by atoms with Crippen molar-refractivity contribution in [1.29, 1.82) is 0 Å². The fourth-order valence-corrected chi connectivity index (χ4v) is 7.16. The van der Waals surface area contributed by atoms with Crippen molar-refractivity contribution in [3.8, 4) is 11.5 Å². The Hall–Kier alpha value is -2.75. The molecule has 0 atom stereocenters. The molecule has 1 amide bonds. The van der Waals surface area contributed by atoms with E-state index in [0.717, 1.165) is 24.3 Å². The number of carbonyl (C=O) groups is 1. The van der Waals surface area contributed by atoms with Crippen molar-refractivity contribution in [3.05, 3.63) is 48.0 Å². The maximum absolute atomic E-state index is 13.9. The quantitative estimate of drug-likeness (QED) is 0.523. The molecule has 2 aromatic rings. The van der Waals surface area contributed by atoms with Crippen molar-refractivity contribution in [3.63, 3.8) is 0 Å². The molecule has 6 nitrogen and oxygen atoms in total. The van der Waals surface area contributed by atoms with Crippen molar-refractivity contribution >= 4 is 21.4 Å². The van der Waals surface area contributed by atoms with Gasteiger partial charge in [0.2, 0.25) is 5.91 Å². The van der Waals surface area contributed by atoms with E-state index in [0.29, 0.717) is 49.2 Å². The fourth-order valence-electron chi connectivity index (χ4n) is 4.95. The topological polar surface area (TPSA) is 72.9 Å². The molecule has 190 valence electrons. The number of sulfone groups is 1. The summed E-state index contributed by atoms with van der Waals surface area (Å²) in [7, 11) is -3.98. The van der Waals surface area contributed by atoms with Crippen LogP contribution in [0.5, 0.6) is 11.5 Å². The first-order valence-corrected chi connectivity index (χ1v) is 13.0. The van der Waals surface area contributed by atoms with E-state index < -0.39 is 32.1 Å². The minimum Gasteiger partial charge on any atom is -0.490 e. The van der Waals surface area contributed by atoms with Crippen LogP contribution < -0.4 is 14.4 Å². The zero-order valence-electron chi connectivity index (χ0n) is 19.8. The molecule has 0 unspecified atom stereocenters. The number of alkyl halides is 3. The predicted octanol–water partition coefficient (Wildman–Crippen LogP) is 5.60. The van der Waals surface area contributed by atoms with Crippen molar-refractivity contribution in [2.75, 3.05) is 18.1 Å². The molecule has 35 heavy (non-hydrogen) atoms. The van der Waals surface area contributed by atoms with Gasteiger partial charge in [0.1, 0.15) is 22.9 Å². The number of nitrogens with zero attached hydrogens (tertiary/aromatic N) is 1. The number of hydrogen-bond donors (Lipinski definition) is 0. The van der Waals surface area contributed by atoms with Gasteiger partial charge in [0.25, 0.3) is 0 Å². The van der Waals surface area contributed by atoms with Crippen LogP contribution in [-0.2, 0) is 19.4 Å². The van der Waals surface area contributed by atoms with Crippen molar-refractivity contribution < 1.29 is 35.9 Å². The normalized spacial score (nSPS) is 19.6. The summed E-state index contributed by atoms with van der Waals surface area (Å²) in [5.41, 5.74) is 0.394. The lowest BCUT2D eigenvalue weighted by Gasteiger charge is -2.31. The summed E-state index contributed by atoms with van der Waals surface area (Å²) >= 11 is 0. The molecule has 2 aliphatic rings. The second kappa shape index (κ2) is 8.72. The summed E-state index contributed by atoms with van der Waals surface area (Å²) in [6, 6.07) is 9.47. The molecule has 0 bridgehead atoms. The second-order valence-corrected chi connectivity index (χ2v) is 11.9. The largest absolute Gasteiger partial charge is 0.573 e. The van der Waals surface area contributed by atoms with E-state index in [1.54, 1.807) is 36.9 Å². The molecular weight excluding hydrogens is 483 g/mol. The number of carbonyl (C=O) groups excluding carboxylic acids is 1. The SMILES string of the molecule is CCN1C(=O)C(C)(C)COc2cc(C3(S(=O)(=O)c4ccc(OC(F)(F)F)cc4)CCCC3)ccc21. The Morgan fingerprint density at radius 1 is 1.06 bits per heavy atom. The van der Waals surface area contributed by atoms with Crippen LogP contribution >= 0.6 is 0 Å². The summed E-state index contributed by atoms with van der Waals surface area (Å²) in [5.74, 6) is -0.114. The molecule has 0 radical (unpaired) electrons. The number of benzene rings is 2. The zero-order valence-corrected chi connectivity index (χ0v) is 20.6. The molecule has 2 aromatic carbocycles. The van der Waals surface area contributed by atoms with Gasteiger partial charge in [-0.15, -0.1) is 13.2 Å². The first-order chi connectivity index (χ1) is 16.3. The number of fused-ring (bicyclic) bond motifs is 1. The Balaban J connectivity index is 1.76. The summed E-state index contributed by atoms with van der Waals surface area (Å²) in [5, 5.41) is 0. The standard InChI is InChI=1S/C25H28F3NO5S/c1-4-29-20-12-7-17(15-21(20)33-16-23(2,3)22(29)30)24(13-5-6-14-24)35(31,32)19-10-8-18(9-11-19)34-25(26,27)28/h7-12,15H,4-6,13-14,16H2,1-3H3. The van der Waals surface area contributed by atoms with Crippen LogP contribution in [0.2, 0.25) is 0 Å². The van der Waals surface area contributed by atoms with E-state index >= 15 is 0 Å². The van der Waals surface area contributed by atoms with Crippen LogP contribution in [0, 0.1) is 5.41 Å². The zero-order chi connectivity index (χ0) is 25.6. The van der Waals surface area contributed by atoms with Gasteiger partial charge < -0.3 is 14.4 Å². The molecule has 10 heteroatoms. The minimum absolute atomic E-state index is 0.0729. The van der Waals surface area contributed by atoms with Crippen LogP contribution in [0.4, 0.5) is 18.9 Å². The number of amides is 1.